The van der Waals surface area contributed by atoms with E-state index < -0.39 is 15.7 Å². The van der Waals surface area contributed by atoms with Crippen LogP contribution in [0, 0.1) is 11.3 Å². The second-order valence-electron chi connectivity index (χ2n) is 9.80. The lowest BCUT2D eigenvalue weighted by Gasteiger charge is -2.44. The maximum atomic E-state index is 13.3. The maximum Gasteiger partial charge on any atom is 0.243 e. The fraction of sp³-hybridized carbons (Fsp3) is 0.462. The summed E-state index contributed by atoms with van der Waals surface area (Å²) < 4.78 is 28.2. The van der Waals surface area contributed by atoms with E-state index in [1.54, 1.807) is 29.2 Å². The smallest absolute Gasteiger partial charge is 0.243 e. The van der Waals surface area contributed by atoms with E-state index in [1.807, 2.05) is 24.3 Å². The number of hydrogen-bond acceptors (Lipinski definition) is 5. The summed E-state index contributed by atoms with van der Waals surface area (Å²) in [7, 11) is -3.62. The van der Waals surface area contributed by atoms with Gasteiger partial charge in [0.15, 0.2) is 0 Å². The molecule has 34 heavy (non-hydrogen) atoms. The molecule has 8 heteroatoms. The van der Waals surface area contributed by atoms with Crippen LogP contribution in [-0.2, 0) is 26.8 Å². The number of carbonyl (C=O) groups is 1. The topological polar surface area (TPSA) is 93.5 Å². The van der Waals surface area contributed by atoms with E-state index in [9.17, 15) is 18.5 Å². The highest BCUT2D eigenvalue weighted by molar-refractivity contribution is 7.89. The standard InChI is InChI=1S/C26H32N4O3S/c1-4-25(2,3)22-9-11-23(12-10-22)34(32,33)29-15-13-26(14-16-29)28-18-24(31)30(26)19-21-8-6-5-7-20(21)17-27/h5-12,28H,4,13-16,18-19H2,1-3H3. The fourth-order valence-corrected chi connectivity index (χ4v) is 6.26. The molecular formula is C26H32N4O3S. The van der Waals surface area contributed by atoms with Gasteiger partial charge in [-0.2, -0.15) is 9.57 Å². The predicted molar refractivity (Wildman–Crippen MR) is 130 cm³/mol. The molecule has 0 saturated carbocycles. The van der Waals surface area contributed by atoms with Gasteiger partial charge in [0, 0.05) is 19.6 Å². The summed E-state index contributed by atoms with van der Waals surface area (Å²) in [5.41, 5.74) is 1.86. The summed E-state index contributed by atoms with van der Waals surface area (Å²) in [5, 5.41) is 12.8. The summed E-state index contributed by atoms with van der Waals surface area (Å²) in [5.74, 6) is -0.0295. The van der Waals surface area contributed by atoms with Gasteiger partial charge < -0.3 is 4.90 Å². The van der Waals surface area contributed by atoms with Crippen molar-refractivity contribution in [2.24, 2.45) is 0 Å². The van der Waals surface area contributed by atoms with Gasteiger partial charge >= 0.3 is 0 Å². The summed E-state index contributed by atoms with van der Waals surface area (Å²) in [6.45, 7) is 7.61. The molecule has 2 saturated heterocycles. The first-order valence-corrected chi connectivity index (χ1v) is 13.2. The summed E-state index contributed by atoms with van der Waals surface area (Å²) in [6, 6.07) is 16.7. The number of rotatable bonds is 6. The van der Waals surface area contributed by atoms with Crippen LogP contribution in [0.25, 0.3) is 0 Å². The number of hydrogen-bond donors (Lipinski definition) is 1. The molecule has 0 atom stereocenters. The fourth-order valence-electron chi connectivity index (χ4n) is 4.82. The quantitative estimate of drug-likeness (QED) is 0.684. The van der Waals surface area contributed by atoms with Crippen LogP contribution < -0.4 is 5.32 Å². The number of nitrogens with zero attached hydrogens (tertiary/aromatic N) is 3. The van der Waals surface area contributed by atoms with Crippen molar-refractivity contribution in [3.05, 3.63) is 65.2 Å². The SMILES string of the molecule is CCC(C)(C)c1ccc(S(=O)(=O)N2CCC3(CC2)NCC(=O)N3Cc2ccccc2C#N)cc1. The zero-order valence-electron chi connectivity index (χ0n) is 20.0. The van der Waals surface area contributed by atoms with Gasteiger partial charge in [-0.15, -0.1) is 0 Å². The first-order valence-electron chi connectivity index (χ1n) is 11.8. The number of amides is 1. The van der Waals surface area contributed by atoms with Gasteiger partial charge in [0.2, 0.25) is 15.9 Å². The van der Waals surface area contributed by atoms with Gasteiger partial charge in [-0.05, 0) is 54.0 Å². The minimum absolute atomic E-state index is 0.00585. The molecule has 2 aromatic carbocycles. The minimum Gasteiger partial charge on any atom is -0.319 e. The molecule has 0 aromatic heterocycles. The van der Waals surface area contributed by atoms with Crippen molar-refractivity contribution in [3.63, 3.8) is 0 Å². The van der Waals surface area contributed by atoms with E-state index in [1.165, 1.54) is 4.31 Å². The minimum atomic E-state index is -3.62. The van der Waals surface area contributed by atoms with Gasteiger partial charge in [0.25, 0.3) is 0 Å². The summed E-state index contributed by atoms with van der Waals surface area (Å²) >= 11 is 0. The van der Waals surface area contributed by atoms with Crippen molar-refractivity contribution < 1.29 is 13.2 Å². The van der Waals surface area contributed by atoms with Gasteiger partial charge in [-0.1, -0.05) is 51.1 Å². The van der Waals surface area contributed by atoms with Crippen molar-refractivity contribution >= 4 is 15.9 Å². The number of benzene rings is 2. The van der Waals surface area contributed by atoms with Crippen LogP contribution in [0.15, 0.2) is 53.4 Å². The third-order valence-electron chi connectivity index (χ3n) is 7.56. The van der Waals surface area contributed by atoms with Crippen LogP contribution in [0.3, 0.4) is 0 Å². The molecule has 2 heterocycles. The highest BCUT2D eigenvalue weighted by atomic mass is 32.2. The van der Waals surface area contributed by atoms with Crippen LogP contribution >= 0.6 is 0 Å². The van der Waals surface area contributed by atoms with Crippen LogP contribution in [0.4, 0.5) is 0 Å². The molecule has 1 amide bonds. The molecule has 2 aromatic rings. The summed E-state index contributed by atoms with van der Waals surface area (Å²) in [4.78, 5) is 14.8. The summed E-state index contributed by atoms with van der Waals surface area (Å²) in [6.07, 6.45) is 1.95. The number of nitriles is 1. The van der Waals surface area contributed by atoms with Gasteiger partial charge in [0.05, 0.1) is 28.7 Å². The Morgan fingerprint density at radius 3 is 2.35 bits per heavy atom. The number of carbonyl (C=O) groups excluding carboxylic acids is 1. The predicted octanol–water partition coefficient (Wildman–Crippen LogP) is 3.36. The Morgan fingerprint density at radius 1 is 1.09 bits per heavy atom. The van der Waals surface area contributed by atoms with E-state index >= 15 is 0 Å². The van der Waals surface area contributed by atoms with Gasteiger partial charge in [-0.25, -0.2) is 8.42 Å². The molecule has 7 nitrogen and oxygen atoms in total. The van der Waals surface area contributed by atoms with Crippen molar-refractivity contribution in [2.75, 3.05) is 19.6 Å². The molecule has 0 unspecified atom stereocenters. The number of piperidine rings is 1. The van der Waals surface area contributed by atoms with Crippen molar-refractivity contribution in [2.45, 2.75) is 62.6 Å². The highest BCUT2D eigenvalue weighted by Gasteiger charge is 2.48. The maximum absolute atomic E-state index is 13.3. The average molecular weight is 481 g/mol. The Bertz CT molecular complexity index is 1210. The molecule has 2 aliphatic rings. The molecule has 4 rings (SSSR count). The van der Waals surface area contributed by atoms with Gasteiger partial charge in [0.1, 0.15) is 0 Å². The third-order valence-corrected chi connectivity index (χ3v) is 9.47. The molecule has 1 N–H and O–H groups in total. The molecule has 0 bridgehead atoms. The van der Waals surface area contributed by atoms with Crippen LogP contribution in [0.1, 0.15) is 56.7 Å². The van der Waals surface area contributed by atoms with E-state index in [-0.39, 0.29) is 17.9 Å². The van der Waals surface area contributed by atoms with Crippen LogP contribution in [0.5, 0.6) is 0 Å². The Balaban J connectivity index is 1.50. The lowest BCUT2D eigenvalue weighted by molar-refractivity contribution is -0.132. The zero-order valence-corrected chi connectivity index (χ0v) is 20.9. The normalized spacial score (nSPS) is 18.9. The van der Waals surface area contributed by atoms with Crippen molar-refractivity contribution in [1.29, 1.82) is 5.26 Å². The first kappa shape index (κ1) is 24.4. The second-order valence-corrected chi connectivity index (χ2v) is 11.7. The molecule has 2 fully saturated rings. The Labute approximate surface area is 202 Å². The van der Waals surface area contributed by atoms with E-state index in [4.69, 9.17) is 0 Å². The lowest BCUT2D eigenvalue weighted by Crippen LogP contribution is -2.58. The molecule has 0 aliphatic carbocycles. The molecule has 0 radical (unpaired) electrons. The highest BCUT2D eigenvalue weighted by Crippen LogP contribution is 2.34. The zero-order chi connectivity index (χ0) is 24.6. The van der Waals surface area contributed by atoms with Gasteiger partial charge in [-0.3, -0.25) is 10.1 Å². The van der Waals surface area contributed by atoms with Crippen molar-refractivity contribution in [1.82, 2.24) is 14.5 Å². The van der Waals surface area contributed by atoms with E-state index in [0.717, 1.165) is 17.5 Å². The second kappa shape index (κ2) is 9.14. The molecule has 180 valence electrons. The Morgan fingerprint density at radius 2 is 1.74 bits per heavy atom. The monoisotopic (exact) mass is 480 g/mol. The molecule has 2 aliphatic heterocycles. The largest absolute Gasteiger partial charge is 0.319 e. The third kappa shape index (κ3) is 4.36. The number of sulfonamides is 1. The lowest BCUT2D eigenvalue weighted by atomic mass is 9.82. The Kier molecular flexibility index (Phi) is 6.56. The molecule has 1 spiro atoms. The first-order chi connectivity index (χ1) is 16.1. The average Bonchev–Trinajstić information content (AvgIpc) is 3.14. The van der Waals surface area contributed by atoms with Crippen LogP contribution in [-0.4, -0.2) is 48.8 Å². The molecular weight excluding hydrogens is 448 g/mol. The van der Waals surface area contributed by atoms with E-state index in [0.29, 0.717) is 42.9 Å². The van der Waals surface area contributed by atoms with Crippen LogP contribution in [0.2, 0.25) is 0 Å². The Hall–Kier alpha value is -2.73. The number of nitrogens with one attached hydrogen (secondary N) is 1. The van der Waals surface area contributed by atoms with Crippen molar-refractivity contribution in [3.8, 4) is 6.07 Å². The van der Waals surface area contributed by atoms with E-state index in [2.05, 4.69) is 32.2 Å².